The highest BCUT2D eigenvalue weighted by Gasteiger charge is 2.10. The molecule has 4 aromatic rings. The van der Waals surface area contributed by atoms with E-state index in [1.165, 1.54) is 12.4 Å². The van der Waals surface area contributed by atoms with Crippen molar-refractivity contribution in [1.82, 2.24) is 9.97 Å². The van der Waals surface area contributed by atoms with Gasteiger partial charge in [-0.15, -0.1) is 0 Å². The molecule has 2 aromatic heterocycles. The van der Waals surface area contributed by atoms with Crippen molar-refractivity contribution in [3.05, 3.63) is 107 Å². The maximum Gasteiger partial charge on any atom is 0.257 e. The molecule has 0 spiro atoms. The third-order valence-electron chi connectivity index (χ3n) is 4.32. The van der Waals surface area contributed by atoms with E-state index < -0.39 is 0 Å². The van der Waals surface area contributed by atoms with Crippen molar-refractivity contribution in [2.45, 2.75) is 0 Å². The van der Waals surface area contributed by atoms with Crippen LogP contribution >= 0.6 is 15.9 Å². The molecule has 4 rings (SSSR count). The predicted molar refractivity (Wildman–Crippen MR) is 125 cm³/mol. The lowest BCUT2D eigenvalue weighted by atomic mass is 10.1. The third kappa shape index (κ3) is 5.55. The Bertz CT molecular complexity index is 1250. The molecule has 7 nitrogen and oxygen atoms in total. The highest BCUT2D eigenvalue weighted by molar-refractivity contribution is 9.10. The zero-order valence-corrected chi connectivity index (χ0v) is 18.2. The highest BCUT2D eigenvalue weighted by atomic mass is 79.9. The van der Waals surface area contributed by atoms with E-state index in [0.29, 0.717) is 34.1 Å². The molecule has 2 heterocycles. The first-order chi connectivity index (χ1) is 15.6. The number of ether oxygens (including phenoxy) is 1. The fourth-order valence-electron chi connectivity index (χ4n) is 2.81. The monoisotopic (exact) mass is 488 g/mol. The average molecular weight is 489 g/mol. The van der Waals surface area contributed by atoms with Gasteiger partial charge in [0.15, 0.2) is 0 Å². The van der Waals surface area contributed by atoms with E-state index in [1.54, 1.807) is 54.7 Å². The zero-order chi connectivity index (χ0) is 22.3. The lowest BCUT2D eigenvalue weighted by molar-refractivity contribution is 0.101. The summed E-state index contributed by atoms with van der Waals surface area (Å²) in [6, 6.07) is 20.8. The van der Waals surface area contributed by atoms with Crippen LogP contribution in [0.3, 0.4) is 0 Å². The van der Waals surface area contributed by atoms with Gasteiger partial charge in [0.25, 0.3) is 11.8 Å². The van der Waals surface area contributed by atoms with Crippen LogP contribution in [-0.4, -0.2) is 21.8 Å². The van der Waals surface area contributed by atoms with Crippen LogP contribution in [0.1, 0.15) is 20.7 Å². The van der Waals surface area contributed by atoms with E-state index in [-0.39, 0.29) is 11.8 Å². The molecule has 0 aliphatic rings. The quantitative estimate of drug-likeness (QED) is 0.371. The minimum absolute atomic E-state index is 0.305. The standard InChI is InChI=1S/C24H17BrN4O3/c25-18-6-2-8-21(13-18)32-22-10-9-20(15-27-22)29-23(30)16-4-1-7-19(12-16)28-24(31)17-5-3-11-26-14-17/h1-15H,(H,28,31)(H,29,30). The molecular formula is C24H17BrN4O3. The van der Waals surface area contributed by atoms with Crippen LogP contribution in [0.25, 0.3) is 0 Å². The first-order valence-electron chi connectivity index (χ1n) is 9.59. The van der Waals surface area contributed by atoms with Gasteiger partial charge < -0.3 is 15.4 Å². The number of carbonyl (C=O) groups excluding carboxylic acids is 2. The number of rotatable bonds is 6. The number of hydrogen-bond acceptors (Lipinski definition) is 5. The van der Waals surface area contributed by atoms with Gasteiger partial charge in [-0.2, -0.15) is 0 Å². The van der Waals surface area contributed by atoms with Crippen LogP contribution in [0, 0.1) is 0 Å². The molecular weight excluding hydrogens is 472 g/mol. The summed E-state index contributed by atoms with van der Waals surface area (Å²) in [5, 5.41) is 5.54. The van der Waals surface area contributed by atoms with Gasteiger partial charge in [-0.3, -0.25) is 14.6 Å². The number of pyridine rings is 2. The SMILES string of the molecule is O=C(Nc1cccc(C(=O)Nc2ccc(Oc3cccc(Br)c3)nc2)c1)c1cccnc1. The minimum atomic E-state index is -0.329. The summed E-state index contributed by atoms with van der Waals surface area (Å²) >= 11 is 3.39. The molecule has 8 heteroatoms. The Kier molecular flexibility index (Phi) is 6.52. The van der Waals surface area contributed by atoms with Gasteiger partial charge in [0, 0.05) is 34.2 Å². The van der Waals surface area contributed by atoms with E-state index in [1.807, 2.05) is 24.3 Å². The van der Waals surface area contributed by atoms with E-state index in [9.17, 15) is 9.59 Å². The Balaban J connectivity index is 1.39. The van der Waals surface area contributed by atoms with E-state index in [4.69, 9.17) is 4.74 Å². The van der Waals surface area contributed by atoms with Crippen LogP contribution in [-0.2, 0) is 0 Å². The molecule has 0 aliphatic heterocycles. The lowest BCUT2D eigenvalue weighted by Crippen LogP contribution is -2.14. The summed E-state index contributed by atoms with van der Waals surface area (Å²) in [6.45, 7) is 0. The summed E-state index contributed by atoms with van der Waals surface area (Å²) in [6.07, 6.45) is 4.58. The van der Waals surface area contributed by atoms with Crippen molar-refractivity contribution in [3.8, 4) is 11.6 Å². The topological polar surface area (TPSA) is 93.2 Å². The maximum absolute atomic E-state index is 12.6. The van der Waals surface area contributed by atoms with Crippen LogP contribution in [0.4, 0.5) is 11.4 Å². The summed E-state index contributed by atoms with van der Waals surface area (Å²) in [4.78, 5) is 33.1. The number of hydrogen-bond donors (Lipinski definition) is 2. The summed E-state index contributed by atoms with van der Waals surface area (Å²) < 4.78 is 6.60. The van der Waals surface area contributed by atoms with Crippen LogP contribution < -0.4 is 15.4 Å². The number of benzene rings is 2. The Morgan fingerprint density at radius 2 is 1.56 bits per heavy atom. The smallest absolute Gasteiger partial charge is 0.257 e. The number of nitrogens with one attached hydrogen (secondary N) is 2. The van der Waals surface area contributed by atoms with Gasteiger partial charge in [0.2, 0.25) is 5.88 Å². The second-order valence-corrected chi connectivity index (χ2v) is 7.59. The number of carbonyl (C=O) groups is 2. The van der Waals surface area contributed by atoms with Crippen molar-refractivity contribution in [2.24, 2.45) is 0 Å². The van der Waals surface area contributed by atoms with E-state index >= 15 is 0 Å². The number of nitrogens with zero attached hydrogens (tertiary/aromatic N) is 2. The van der Waals surface area contributed by atoms with Gasteiger partial charge in [-0.05, 0) is 54.6 Å². The lowest BCUT2D eigenvalue weighted by Gasteiger charge is -2.09. The Hall–Kier alpha value is -4.04. The first kappa shape index (κ1) is 21.2. The zero-order valence-electron chi connectivity index (χ0n) is 16.7. The summed E-state index contributed by atoms with van der Waals surface area (Å²) in [5.41, 5.74) is 1.84. The van der Waals surface area contributed by atoms with Gasteiger partial charge in [0.05, 0.1) is 17.4 Å². The van der Waals surface area contributed by atoms with Crippen molar-refractivity contribution >= 4 is 39.1 Å². The maximum atomic E-state index is 12.6. The molecule has 32 heavy (non-hydrogen) atoms. The van der Waals surface area contributed by atoms with Crippen molar-refractivity contribution in [1.29, 1.82) is 0 Å². The Morgan fingerprint density at radius 1 is 0.781 bits per heavy atom. The molecule has 0 radical (unpaired) electrons. The summed E-state index contributed by atoms with van der Waals surface area (Å²) in [7, 11) is 0. The molecule has 0 bridgehead atoms. The highest BCUT2D eigenvalue weighted by Crippen LogP contribution is 2.24. The van der Waals surface area contributed by atoms with Gasteiger partial charge >= 0.3 is 0 Å². The number of halogens is 1. The predicted octanol–water partition coefficient (Wildman–Crippen LogP) is 5.54. The van der Waals surface area contributed by atoms with Gasteiger partial charge in [-0.1, -0.05) is 28.1 Å². The molecule has 0 saturated heterocycles. The fraction of sp³-hybridized carbons (Fsp3) is 0. The van der Waals surface area contributed by atoms with E-state index in [0.717, 1.165) is 4.47 Å². The second kappa shape index (κ2) is 9.84. The normalized spacial score (nSPS) is 10.3. The molecule has 2 amide bonds. The first-order valence-corrected chi connectivity index (χ1v) is 10.4. The van der Waals surface area contributed by atoms with Gasteiger partial charge in [0.1, 0.15) is 5.75 Å². The fourth-order valence-corrected chi connectivity index (χ4v) is 3.19. The van der Waals surface area contributed by atoms with Crippen LogP contribution in [0.15, 0.2) is 95.9 Å². The van der Waals surface area contributed by atoms with Crippen molar-refractivity contribution in [3.63, 3.8) is 0 Å². The molecule has 0 unspecified atom stereocenters. The molecule has 2 N–H and O–H groups in total. The molecule has 0 saturated carbocycles. The Morgan fingerprint density at radius 3 is 2.31 bits per heavy atom. The third-order valence-corrected chi connectivity index (χ3v) is 4.81. The number of aromatic nitrogens is 2. The number of amides is 2. The van der Waals surface area contributed by atoms with Gasteiger partial charge in [-0.25, -0.2) is 4.98 Å². The van der Waals surface area contributed by atoms with Crippen LogP contribution in [0.5, 0.6) is 11.6 Å². The molecule has 0 fully saturated rings. The molecule has 158 valence electrons. The van der Waals surface area contributed by atoms with Crippen molar-refractivity contribution in [2.75, 3.05) is 10.6 Å². The number of anilines is 2. The minimum Gasteiger partial charge on any atom is -0.439 e. The molecule has 0 atom stereocenters. The second-order valence-electron chi connectivity index (χ2n) is 6.68. The summed E-state index contributed by atoms with van der Waals surface area (Å²) in [5.74, 6) is 0.417. The van der Waals surface area contributed by atoms with Crippen LogP contribution in [0.2, 0.25) is 0 Å². The largest absolute Gasteiger partial charge is 0.439 e. The van der Waals surface area contributed by atoms with Crippen molar-refractivity contribution < 1.29 is 14.3 Å². The molecule has 2 aromatic carbocycles. The Labute approximate surface area is 192 Å². The van der Waals surface area contributed by atoms with E-state index in [2.05, 4.69) is 36.5 Å². The molecule has 0 aliphatic carbocycles. The average Bonchev–Trinajstić information content (AvgIpc) is 2.81.